The number of carbonyl (C=O) groups is 1. The molecule has 0 radical (unpaired) electrons. The van der Waals surface area contributed by atoms with Gasteiger partial charge in [-0.05, 0) is 30.4 Å². The topological polar surface area (TPSA) is 62.2 Å². The fourth-order valence-electron chi connectivity index (χ4n) is 3.15. The second kappa shape index (κ2) is 8.46. The first-order chi connectivity index (χ1) is 11.4. The first kappa shape index (κ1) is 18.7. The second-order valence-electron chi connectivity index (χ2n) is 6.43. The molecule has 1 amide bonds. The maximum atomic E-state index is 12.5. The van der Waals surface area contributed by atoms with Crippen molar-refractivity contribution in [2.75, 3.05) is 13.2 Å². The number of alkyl halides is 3. The molecule has 0 saturated heterocycles. The molecule has 1 saturated carbocycles. The highest BCUT2D eigenvalue weighted by Crippen LogP contribution is 2.29. The van der Waals surface area contributed by atoms with Crippen LogP contribution in [0.15, 0.2) is 18.3 Å². The van der Waals surface area contributed by atoms with Crippen LogP contribution in [-0.2, 0) is 6.18 Å². The van der Waals surface area contributed by atoms with E-state index in [0.717, 1.165) is 37.6 Å². The Labute approximate surface area is 139 Å². The van der Waals surface area contributed by atoms with Gasteiger partial charge in [-0.3, -0.25) is 9.78 Å². The van der Waals surface area contributed by atoms with E-state index in [0.29, 0.717) is 12.5 Å². The number of nitrogens with zero attached hydrogens (tertiary/aromatic N) is 1. The van der Waals surface area contributed by atoms with E-state index in [2.05, 4.69) is 10.3 Å². The number of rotatable bonds is 6. The largest absolute Gasteiger partial charge is 0.433 e. The van der Waals surface area contributed by atoms with Gasteiger partial charge in [0.1, 0.15) is 5.69 Å². The minimum atomic E-state index is -4.52. The average Bonchev–Trinajstić information content (AvgIpc) is 2.58. The van der Waals surface area contributed by atoms with E-state index in [1.54, 1.807) is 0 Å². The van der Waals surface area contributed by atoms with Gasteiger partial charge < -0.3 is 10.4 Å². The summed E-state index contributed by atoms with van der Waals surface area (Å²) in [5.41, 5.74) is -0.943. The highest BCUT2D eigenvalue weighted by Gasteiger charge is 2.32. The van der Waals surface area contributed by atoms with Crippen molar-refractivity contribution < 1.29 is 23.1 Å². The maximum absolute atomic E-state index is 12.5. The lowest BCUT2D eigenvalue weighted by Crippen LogP contribution is -2.32. The number of pyridine rings is 1. The van der Waals surface area contributed by atoms with E-state index >= 15 is 0 Å². The Kier molecular flexibility index (Phi) is 6.60. The van der Waals surface area contributed by atoms with Crippen molar-refractivity contribution in [3.63, 3.8) is 0 Å². The molecule has 1 atom stereocenters. The van der Waals surface area contributed by atoms with Crippen LogP contribution in [0.25, 0.3) is 0 Å². The molecule has 0 bridgehead atoms. The summed E-state index contributed by atoms with van der Waals surface area (Å²) in [7, 11) is 0. The molecule has 1 aliphatic rings. The Morgan fingerprint density at radius 3 is 2.54 bits per heavy atom. The van der Waals surface area contributed by atoms with Gasteiger partial charge in [-0.25, -0.2) is 0 Å². The molecule has 1 aromatic rings. The molecule has 0 spiro atoms. The number of hydrogen-bond donors (Lipinski definition) is 2. The molecule has 1 fully saturated rings. The number of halogens is 3. The molecule has 2 rings (SSSR count). The summed E-state index contributed by atoms with van der Waals surface area (Å²) in [5.74, 6) is 0.0818. The number of aromatic nitrogens is 1. The number of nitrogens with one attached hydrogen (secondary N) is 1. The maximum Gasteiger partial charge on any atom is 0.433 e. The van der Waals surface area contributed by atoms with Crippen LogP contribution >= 0.6 is 0 Å². The molecule has 1 aliphatic carbocycles. The third kappa shape index (κ3) is 5.47. The molecule has 24 heavy (non-hydrogen) atoms. The predicted molar refractivity (Wildman–Crippen MR) is 83.3 cm³/mol. The zero-order chi connectivity index (χ0) is 17.6. The summed E-state index contributed by atoms with van der Waals surface area (Å²) in [6, 6.07) is 1.90. The second-order valence-corrected chi connectivity index (χ2v) is 6.43. The van der Waals surface area contributed by atoms with Crippen molar-refractivity contribution in [2.24, 2.45) is 11.8 Å². The molecule has 0 aliphatic heterocycles. The van der Waals surface area contributed by atoms with Crippen LogP contribution in [-0.4, -0.2) is 29.1 Å². The van der Waals surface area contributed by atoms with E-state index in [9.17, 15) is 23.1 Å². The third-order valence-corrected chi connectivity index (χ3v) is 4.52. The predicted octanol–water partition coefficient (Wildman–Crippen LogP) is 3.41. The number of aliphatic hydroxyl groups is 1. The van der Waals surface area contributed by atoms with E-state index in [1.165, 1.54) is 19.3 Å². The van der Waals surface area contributed by atoms with Crippen molar-refractivity contribution in [2.45, 2.75) is 44.7 Å². The summed E-state index contributed by atoms with van der Waals surface area (Å²) in [5, 5.41) is 12.2. The van der Waals surface area contributed by atoms with Crippen LogP contribution in [0.2, 0.25) is 0 Å². The van der Waals surface area contributed by atoms with Crippen molar-refractivity contribution in [3.8, 4) is 0 Å². The van der Waals surface area contributed by atoms with Gasteiger partial charge in [-0.1, -0.05) is 32.1 Å². The van der Waals surface area contributed by atoms with Gasteiger partial charge in [0.2, 0.25) is 0 Å². The average molecular weight is 344 g/mol. The van der Waals surface area contributed by atoms with Gasteiger partial charge >= 0.3 is 6.18 Å². The summed E-state index contributed by atoms with van der Waals surface area (Å²) in [4.78, 5) is 15.3. The normalized spacial score (nSPS) is 17.5. The fraction of sp³-hybridized carbons (Fsp3) is 0.647. The van der Waals surface area contributed by atoms with E-state index in [4.69, 9.17) is 0 Å². The first-order valence-electron chi connectivity index (χ1n) is 8.32. The Balaban J connectivity index is 1.84. The van der Waals surface area contributed by atoms with E-state index in [-0.39, 0.29) is 18.1 Å². The molecule has 134 valence electrons. The van der Waals surface area contributed by atoms with Gasteiger partial charge in [-0.2, -0.15) is 13.2 Å². The Morgan fingerprint density at radius 1 is 1.29 bits per heavy atom. The van der Waals surface area contributed by atoms with Gasteiger partial charge in [-0.15, -0.1) is 0 Å². The van der Waals surface area contributed by atoms with Gasteiger partial charge in [0.15, 0.2) is 0 Å². The molecule has 7 heteroatoms. The highest BCUT2D eigenvalue weighted by atomic mass is 19.4. The van der Waals surface area contributed by atoms with Crippen LogP contribution < -0.4 is 5.32 Å². The number of amides is 1. The Hall–Kier alpha value is -1.63. The zero-order valence-electron chi connectivity index (χ0n) is 13.5. The molecular formula is C17H23F3N2O2. The van der Waals surface area contributed by atoms with Crippen LogP contribution in [0.4, 0.5) is 13.2 Å². The molecule has 0 aromatic carbocycles. The summed E-state index contributed by atoms with van der Waals surface area (Å²) in [6.07, 6.45) is 3.28. The van der Waals surface area contributed by atoms with Gasteiger partial charge in [0.25, 0.3) is 5.91 Å². The first-order valence-corrected chi connectivity index (χ1v) is 8.32. The van der Waals surface area contributed by atoms with Gasteiger partial charge in [0, 0.05) is 19.3 Å². The monoisotopic (exact) mass is 344 g/mol. The standard InChI is InChI=1S/C17H23F3N2O2/c18-17(19,20)15-7-6-14(10-21-15)16(24)22-9-13(11-23)8-12-4-2-1-3-5-12/h6-7,10,12-13,23H,1-5,8-9,11H2,(H,22,24)/t13-/m1/s1. The van der Waals surface area contributed by atoms with Crippen molar-refractivity contribution in [3.05, 3.63) is 29.6 Å². The molecule has 1 heterocycles. The van der Waals surface area contributed by atoms with Crippen molar-refractivity contribution in [1.29, 1.82) is 0 Å². The minimum absolute atomic E-state index is 0.0119. The SMILES string of the molecule is O=C(NC[C@H](CO)CC1CCCCC1)c1ccc(C(F)(F)F)nc1. The number of hydrogen-bond acceptors (Lipinski definition) is 3. The number of carbonyl (C=O) groups excluding carboxylic acids is 1. The van der Waals surface area contributed by atoms with E-state index < -0.39 is 17.8 Å². The molecular weight excluding hydrogens is 321 g/mol. The fourth-order valence-corrected chi connectivity index (χ4v) is 3.15. The Morgan fingerprint density at radius 2 is 2.00 bits per heavy atom. The number of aliphatic hydroxyl groups excluding tert-OH is 1. The molecule has 1 aromatic heterocycles. The zero-order valence-corrected chi connectivity index (χ0v) is 13.5. The summed E-state index contributed by atoms with van der Waals surface area (Å²) >= 11 is 0. The lowest BCUT2D eigenvalue weighted by atomic mass is 9.83. The van der Waals surface area contributed by atoms with E-state index in [1.807, 2.05) is 0 Å². The lowest BCUT2D eigenvalue weighted by Gasteiger charge is -2.25. The summed E-state index contributed by atoms with van der Waals surface area (Å²) < 4.78 is 37.4. The van der Waals surface area contributed by atoms with Crippen LogP contribution in [0, 0.1) is 11.8 Å². The molecule has 4 nitrogen and oxygen atoms in total. The van der Waals surface area contributed by atoms with Crippen molar-refractivity contribution in [1.82, 2.24) is 10.3 Å². The molecule has 2 N–H and O–H groups in total. The quantitative estimate of drug-likeness (QED) is 0.831. The Bertz CT molecular complexity index is 526. The van der Waals surface area contributed by atoms with Crippen LogP contribution in [0.3, 0.4) is 0 Å². The highest BCUT2D eigenvalue weighted by molar-refractivity contribution is 5.93. The summed E-state index contributed by atoms with van der Waals surface area (Å²) in [6.45, 7) is 0.300. The van der Waals surface area contributed by atoms with Crippen molar-refractivity contribution >= 4 is 5.91 Å². The smallest absolute Gasteiger partial charge is 0.396 e. The molecule has 0 unspecified atom stereocenters. The van der Waals surface area contributed by atoms with Crippen LogP contribution in [0.1, 0.15) is 54.6 Å². The van der Waals surface area contributed by atoms with Gasteiger partial charge in [0.05, 0.1) is 5.56 Å². The third-order valence-electron chi connectivity index (χ3n) is 4.52. The lowest BCUT2D eigenvalue weighted by molar-refractivity contribution is -0.141. The van der Waals surface area contributed by atoms with Crippen LogP contribution in [0.5, 0.6) is 0 Å². The minimum Gasteiger partial charge on any atom is -0.396 e.